The van der Waals surface area contributed by atoms with Crippen LogP contribution in [-0.2, 0) is 5.75 Å². The van der Waals surface area contributed by atoms with Crippen LogP contribution in [0, 0.1) is 0 Å². The largest absolute Gasteiger partial charge is 0.368 e. The maximum Gasteiger partial charge on any atom is 0.223 e. The topological polar surface area (TPSA) is 64.7 Å². The maximum atomic E-state index is 5.47. The fourth-order valence-corrected chi connectivity index (χ4v) is 2.12. The van der Waals surface area contributed by atoms with Crippen LogP contribution in [0.1, 0.15) is 5.82 Å². The minimum absolute atomic E-state index is 0.265. The van der Waals surface area contributed by atoms with E-state index < -0.39 is 0 Å². The van der Waals surface area contributed by atoms with Crippen molar-refractivity contribution in [2.24, 2.45) is 0 Å². The summed E-state index contributed by atoms with van der Waals surface area (Å²) in [7, 11) is 0. The Morgan fingerprint density at radius 2 is 1.94 bits per heavy atom. The average Bonchev–Trinajstić information content (AvgIpc) is 2.28. The van der Waals surface area contributed by atoms with Crippen molar-refractivity contribution < 1.29 is 0 Å². The standard InChI is InChI=1S/C10H9BrN4S/c11-7-1-3-8(4-2-7)16-5-9-13-6-14-10(12)15-9/h1-4,6H,5H2,(H2,12,13,14,15). The Morgan fingerprint density at radius 3 is 2.62 bits per heavy atom. The van der Waals surface area contributed by atoms with Gasteiger partial charge >= 0.3 is 0 Å². The van der Waals surface area contributed by atoms with Crippen LogP contribution in [0.25, 0.3) is 0 Å². The van der Waals surface area contributed by atoms with E-state index in [0.29, 0.717) is 11.6 Å². The van der Waals surface area contributed by atoms with Gasteiger partial charge in [-0.05, 0) is 24.3 Å². The molecule has 1 aromatic heterocycles. The summed E-state index contributed by atoms with van der Waals surface area (Å²) in [6.07, 6.45) is 1.43. The van der Waals surface area contributed by atoms with Crippen LogP contribution in [0.3, 0.4) is 0 Å². The summed E-state index contributed by atoms with van der Waals surface area (Å²) >= 11 is 5.05. The van der Waals surface area contributed by atoms with Crippen LogP contribution >= 0.6 is 27.7 Å². The van der Waals surface area contributed by atoms with Gasteiger partial charge in [-0.1, -0.05) is 15.9 Å². The molecule has 0 saturated heterocycles. The summed E-state index contributed by atoms with van der Waals surface area (Å²) in [5.74, 6) is 1.65. The van der Waals surface area contributed by atoms with Crippen molar-refractivity contribution in [2.75, 3.05) is 5.73 Å². The van der Waals surface area contributed by atoms with E-state index in [1.165, 1.54) is 11.2 Å². The SMILES string of the molecule is Nc1ncnc(CSc2ccc(Br)cc2)n1. The zero-order chi connectivity index (χ0) is 11.4. The maximum absolute atomic E-state index is 5.47. The van der Waals surface area contributed by atoms with Crippen molar-refractivity contribution in [1.29, 1.82) is 0 Å². The third kappa shape index (κ3) is 3.18. The van der Waals surface area contributed by atoms with Crippen molar-refractivity contribution in [2.45, 2.75) is 10.6 Å². The van der Waals surface area contributed by atoms with Gasteiger partial charge < -0.3 is 5.73 Å². The number of halogens is 1. The molecule has 0 aliphatic carbocycles. The second kappa shape index (κ2) is 5.27. The normalized spacial score (nSPS) is 10.3. The van der Waals surface area contributed by atoms with Crippen LogP contribution in [-0.4, -0.2) is 15.0 Å². The van der Waals surface area contributed by atoms with Crippen LogP contribution in [0.4, 0.5) is 5.95 Å². The fraction of sp³-hybridized carbons (Fsp3) is 0.100. The zero-order valence-corrected chi connectivity index (χ0v) is 10.7. The summed E-state index contributed by atoms with van der Waals surface area (Å²) in [6, 6.07) is 8.09. The summed E-state index contributed by atoms with van der Waals surface area (Å²) in [5, 5.41) is 0. The highest BCUT2D eigenvalue weighted by Gasteiger charge is 2.00. The van der Waals surface area contributed by atoms with Crippen molar-refractivity contribution >= 4 is 33.6 Å². The number of anilines is 1. The number of hydrogen-bond donors (Lipinski definition) is 1. The van der Waals surface area contributed by atoms with E-state index in [-0.39, 0.29) is 5.95 Å². The lowest BCUT2D eigenvalue weighted by atomic mass is 10.4. The molecule has 0 aliphatic heterocycles. The van der Waals surface area contributed by atoms with Crippen LogP contribution in [0.5, 0.6) is 0 Å². The minimum atomic E-state index is 0.265. The predicted octanol–water partition coefficient (Wildman–Crippen LogP) is 2.51. The monoisotopic (exact) mass is 296 g/mol. The molecule has 6 heteroatoms. The molecule has 0 spiro atoms. The first-order valence-corrected chi connectivity index (χ1v) is 6.33. The third-order valence-corrected chi connectivity index (χ3v) is 3.36. The number of hydrogen-bond acceptors (Lipinski definition) is 5. The summed E-state index contributed by atoms with van der Waals surface area (Å²) in [5.41, 5.74) is 5.47. The molecule has 1 heterocycles. The Morgan fingerprint density at radius 1 is 1.19 bits per heavy atom. The van der Waals surface area contributed by atoms with Crippen molar-refractivity contribution in [1.82, 2.24) is 15.0 Å². The van der Waals surface area contributed by atoms with Gasteiger partial charge in [0.25, 0.3) is 0 Å². The number of thioether (sulfide) groups is 1. The Hall–Kier alpha value is -1.14. The number of benzene rings is 1. The Bertz CT molecular complexity index is 475. The van der Waals surface area contributed by atoms with Gasteiger partial charge in [0.15, 0.2) is 0 Å². The summed E-state index contributed by atoms with van der Waals surface area (Å²) in [4.78, 5) is 13.0. The van der Waals surface area contributed by atoms with Crippen LogP contribution in [0.15, 0.2) is 40.0 Å². The Kier molecular flexibility index (Phi) is 3.74. The predicted molar refractivity (Wildman–Crippen MR) is 67.9 cm³/mol. The van der Waals surface area contributed by atoms with Crippen molar-refractivity contribution in [3.8, 4) is 0 Å². The molecule has 2 N–H and O–H groups in total. The quantitative estimate of drug-likeness (QED) is 0.882. The smallest absolute Gasteiger partial charge is 0.223 e. The molecule has 2 aromatic rings. The molecule has 16 heavy (non-hydrogen) atoms. The molecular weight excluding hydrogens is 288 g/mol. The number of aromatic nitrogens is 3. The number of nitrogens with zero attached hydrogens (tertiary/aromatic N) is 3. The Balaban J connectivity index is 1.99. The fourth-order valence-electron chi connectivity index (χ4n) is 1.09. The summed E-state index contributed by atoms with van der Waals surface area (Å²) in [6.45, 7) is 0. The van der Waals surface area contributed by atoms with Crippen LogP contribution in [0.2, 0.25) is 0 Å². The molecule has 0 radical (unpaired) electrons. The highest BCUT2D eigenvalue weighted by atomic mass is 79.9. The highest BCUT2D eigenvalue weighted by molar-refractivity contribution is 9.10. The van der Waals surface area contributed by atoms with Gasteiger partial charge in [-0.2, -0.15) is 4.98 Å². The molecule has 0 fully saturated rings. The van der Waals surface area contributed by atoms with E-state index in [1.807, 2.05) is 24.3 Å². The van der Waals surface area contributed by atoms with E-state index in [4.69, 9.17) is 5.73 Å². The Labute approximate surface area is 106 Å². The zero-order valence-electron chi connectivity index (χ0n) is 8.30. The first-order valence-electron chi connectivity index (χ1n) is 4.56. The summed E-state index contributed by atoms with van der Waals surface area (Å²) < 4.78 is 1.07. The lowest BCUT2D eigenvalue weighted by Gasteiger charge is -2.01. The number of nitrogen functional groups attached to an aromatic ring is 1. The van der Waals surface area contributed by atoms with Gasteiger partial charge in [-0.3, -0.25) is 0 Å². The molecule has 1 aromatic carbocycles. The van der Waals surface area contributed by atoms with Gasteiger partial charge in [0, 0.05) is 9.37 Å². The van der Waals surface area contributed by atoms with E-state index in [0.717, 1.165) is 4.47 Å². The minimum Gasteiger partial charge on any atom is -0.368 e. The molecule has 4 nitrogen and oxygen atoms in total. The lowest BCUT2D eigenvalue weighted by molar-refractivity contribution is 0.974. The second-order valence-electron chi connectivity index (χ2n) is 3.00. The van der Waals surface area contributed by atoms with E-state index in [2.05, 4.69) is 30.9 Å². The molecule has 2 rings (SSSR count). The van der Waals surface area contributed by atoms with Crippen molar-refractivity contribution in [3.63, 3.8) is 0 Å². The molecule has 0 amide bonds. The molecule has 0 bridgehead atoms. The first-order chi connectivity index (χ1) is 7.74. The van der Waals surface area contributed by atoms with Gasteiger partial charge in [0.05, 0.1) is 5.75 Å². The molecule has 82 valence electrons. The van der Waals surface area contributed by atoms with Gasteiger partial charge in [0.1, 0.15) is 12.2 Å². The molecule has 0 saturated carbocycles. The molecule has 0 unspecified atom stereocenters. The molecular formula is C10H9BrN4S. The first kappa shape index (κ1) is 11.3. The van der Waals surface area contributed by atoms with Gasteiger partial charge in [-0.25, -0.2) is 9.97 Å². The average molecular weight is 297 g/mol. The number of rotatable bonds is 3. The molecule has 0 atom stereocenters. The van der Waals surface area contributed by atoms with Crippen molar-refractivity contribution in [3.05, 3.63) is 40.9 Å². The lowest BCUT2D eigenvalue weighted by Crippen LogP contribution is -2.00. The van der Waals surface area contributed by atoms with Gasteiger partial charge in [-0.15, -0.1) is 11.8 Å². The van der Waals surface area contributed by atoms with Crippen LogP contribution < -0.4 is 5.73 Å². The van der Waals surface area contributed by atoms with Gasteiger partial charge in [0.2, 0.25) is 5.95 Å². The highest BCUT2D eigenvalue weighted by Crippen LogP contribution is 2.22. The third-order valence-electron chi connectivity index (χ3n) is 1.82. The second-order valence-corrected chi connectivity index (χ2v) is 4.97. The van der Waals surface area contributed by atoms with E-state index in [9.17, 15) is 0 Å². The van der Waals surface area contributed by atoms with E-state index >= 15 is 0 Å². The number of nitrogens with two attached hydrogens (primary N) is 1. The van der Waals surface area contributed by atoms with E-state index in [1.54, 1.807) is 11.8 Å². The molecule has 0 aliphatic rings.